The van der Waals surface area contributed by atoms with Crippen LogP contribution in [0.25, 0.3) is 6.08 Å². The second-order valence-electron chi connectivity index (χ2n) is 3.25. The standard InChI is InChI=1S/C11H13NO/c1-2-8-3-4-9-10(12)5-6-13-11(9)7-8/h2-4,7,10H,1,5-6,12H2/t10-/m0/s1. The number of nitrogens with two attached hydrogens (primary N) is 1. The molecule has 0 radical (unpaired) electrons. The third-order valence-electron chi connectivity index (χ3n) is 2.36. The van der Waals surface area contributed by atoms with Crippen LogP contribution in [0.5, 0.6) is 5.75 Å². The Bertz CT molecular complexity index is 333. The third kappa shape index (κ3) is 1.45. The van der Waals surface area contributed by atoms with Crippen molar-refractivity contribution in [2.45, 2.75) is 12.5 Å². The van der Waals surface area contributed by atoms with Crippen molar-refractivity contribution in [2.75, 3.05) is 6.61 Å². The monoisotopic (exact) mass is 175 g/mol. The lowest BCUT2D eigenvalue weighted by atomic mass is 10.00. The average Bonchev–Trinajstić information content (AvgIpc) is 2.18. The van der Waals surface area contributed by atoms with Crippen molar-refractivity contribution in [1.82, 2.24) is 0 Å². The van der Waals surface area contributed by atoms with Crippen molar-refractivity contribution in [2.24, 2.45) is 5.73 Å². The van der Waals surface area contributed by atoms with Crippen LogP contribution in [-0.4, -0.2) is 6.61 Å². The van der Waals surface area contributed by atoms with Crippen molar-refractivity contribution in [1.29, 1.82) is 0 Å². The highest BCUT2D eigenvalue weighted by Gasteiger charge is 2.17. The lowest BCUT2D eigenvalue weighted by Gasteiger charge is -2.22. The smallest absolute Gasteiger partial charge is 0.124 e. The molecule has 0 saturated carbocycles. The predicted molar refractivity (Wildman–Crippen MR) is 53.6 cm³/mol. The second kappa shape index (κ2) is 3.23. The fourth-order valence-electron chi connectivity index (χ4n) is 1.56. The Morgan fingerprint density at radius 3 is 3.15 bits per heavy atom. The summed E-state index contributed by atoms with van der Waals surface area (Å²) in [5.74, 6) is 0.913. The molecule has 1 atom stereocenters. The van der Waals surface area contributed by atoms with Gasteiger partial charge in [-0.2, -0.15) is 0 Å². The molecule has 1 aliphatic rings. The molecule has 0 unspecified atom stereocenters. The molecule has 0 spiro atoms. The van der Waals surface area contributed by atoms with Crippen LogP contribution in [0.4, 0.5) is 0 Å². The zero-order valence-corrected chi connectivity index (χ0v) is 7.49. The van der Waals surface area contributed by atoms with Crippen LogP contribution in [0.3, 0.4) is 0 Å². The lowest BCUT2D eigenvalue weighted by molar-refractivity contribution is 0.269. The maximum atomic E-state index is 5.93. The van der Waals surface area contributed by atoms with Gasteiger partial charge in [0, 0.05) is 18.0 Å². The van der Waals surface area contributed by atoms with E-state index in [0.717, 1.165) is 29.9 Å². The first-order chi connectivity index (χ1) is 6.31. The van der Waals surface area contributed by atoms with Gasteiger partial charge in [-0.15, -0.1) is 0 Å². The lowest BCUT2D eigenvalue weighted by Crippen LogP contribution is -2.20. The van der Waals surface area contributed by atoms with Crippen molar-refractivity contribution in [3.05, 3.63) is 35.9 Å². The van der Waals surface area contributed by atoms with Gasteiger partial charge in [0.2, 0.25) is 0 Å². The zero-order valence-electron chi connectivity index (χ0n) is 7.49. The minimum Gasteiger partial charge on any atom is -0.493 e. The molecule has 13 heavy (non-hydrogen) atoms. The summed E-state index contributed by atoms with van der Waals surface area (Å²) in [6.45, 7) is 4.43. The summed E-state index contributed by atoms with van der Waals surface area (Å²) in [6, 6.07) is 6.15. The van der Waals surface area contributed by atoms with Gasteiger partial charge < -0.3 is 10.5 Å². The molecule has 0 saturated heterocycles. The molecule has 1 aliphatic heterocycles. The largest absolute Gasteiger partial charge is 0.493 e. The van der Waals surface area contributed by atoms with Gasteiger partial charge in [0.1, 0.15) is 5.75 Å². The minimum absolute atomic E-state index is 0.127. The second-order valence-corrected chi connectivity index (χ2v) is 3.25. The molecular weight excluding hydrogens is 162 g/mol. The van der Waals surface area contributed by atoms with Crippen LogP contribution in [0.2, 0.25) is 0 Å². The van der Waals surface area contributed by atoms with Crippen molar-refractivity contribution >= 4 is 6.08 Å². The molecule has 0 amide bonds. The van der Waals surface area contributed by atoms with E-state index in [1.54, 1.807) is 0 Å². The van der Waals surface area contributed by atoms with Crippen LogP contribution < -0.4 is 10.5 Å². The Kier molecular flexibility index (Phi) is 2.07. The highest BCUT2D eigenvalue weighted by Crippen LogP contribution is 2.31. The fraction of sp³-hybridized carbons (Fsp3) is 0.273. The van der Waals surface area contributed by atoms with E-state index in [0.29, 0.717) is 0 Å². The summed E-state index contributed by atoms with van der Waals surface area (Å²) >= 11 is 0. The predicted octanol–water partition coefficient (Wildman–Crippen LogP) is 2.11. The molecule has 0 bridgehead atoms. The Balaban J connectivity index is 2.45. The van der Waals surface area contributed by atoms with Crippen LogP contribution in [0, 0.1) is 0 Å². The number of ether oxygens (including phenoxy) is 1. The van der Waals surface area contributed by atoms with E-state index in [9.17, 15) is 0 Å². The molecule has 0 fully saturated rings. The van der Waals surface area contributed by atoms with E-state index in [1.165, 1.54) is 0 Å². The Morgan fingerprint density at radius 1 is 1.54 bits per heavy atom. The van der Waals surface area contributed by atoms with E-state index < -0.39 is 0 Å². The van der Waals surface area contributed by atoms with Gasteiger partial charge in [-0.1, -0.05) is 24.8 Å². The number of benzene rings is 1. The van der Waals surface area contributed by atoms with E-state index in [2.05, 4.69) is 6.58 Å². The number of hydrogen-bond acceptors (Lipinski definition) is 2. The summed E-state index contributed by atoms with van der Waals surface area (Å²) in [5, 5.41) is 0. The Hall–Kier alpha value is -1.28. The van der Waals surface area contributed by atoms with Crippen molar-refractivity contribution in [3.63, 3.8) is 0 Å². The van der Waals surface area contributed by atoms with E-state index in [1.807, 2.05) is 24.3 Å². The highest BCUT2D eigenvalue weighted by molar-refractivity contribution is 5.53. The molecule has 1 aromatic carbocycles. The van der Waals surface area contributed by atoms with Crippen LogP contribution in [0.1, 0.15) is 23.6 Å². The summed E-state index contributed by atoms with van der Waals surface area (Å²) in [7, 11) is 0. The highest BCUT2D eigenvalue weighted by atomic mass is 16.5. The maximum Gasteiger partial charge on any atom is 0.124 e. The van der Waals surface area contributed by atoms with E-state index in [4.69, 9.17) is 10.5 Å². The first kappa shape index (κ1) is 8.32. The molecule has 0 aliphatic carbocycles. The van der Waals surface area contributed by atoms with E-state index >= 15 is 0 Å². The quantitative estimate of drug-likeness (QED) is 0.709. The average molecular weight is 175 g/mol. The molecule has 2 rings (SSSR count). The SMILES string of the molecule is C=Cc1ccc2c(c1)OCC[C@@H]2N. The van der Waals surface area contributed by atoms with Crippen molar-refractivity contribution < 1.29 is 4.74 Å². The van der Waals surface area contributed by atoms with Gasteiger partial charge in [0.15, 0.2) is 0 Å². The molecule has 2 N–H and O–H groups in total. The topological polar surface area (TPSA) is 35.2 Å². The summed E-state index contributed by atoms with van der Waals surface area (Å²) in [6.07, 6.45) is 2.71. The van der Waals surface area contributed by atoms with Gasteiger partial charge in [-0.3, -0.25) is 0 Å². The minimum atomic E-state index is 0.127. The van der Waals surface area contributed by atoms with Gasteiger partial charge in [-0.25, -0.2) is 0 Å². The van der Waals surface area contributed by atoms with Gasteiger partial charge in [0.25, 0.3) is 0 Å². The first-order valence-electron chi connectivity index (χ1n) is 4.46. The first-order valence-corrected chi connectivity index (χ1v) is 4.46. The normalized spacial score (nSPS) is 20.2. The van der Waals surface area contributed by atoms with E-state index in [-0.39, 0.29) is 6.04 Å². The summed E-state index contributed by atoms with van der Waals surface area (Å²) in [4.78, 5) is 0. The molecule has 68 valence electrons. The molecular formula is C11H13NO. The number of rotatable bonds is 1. The van der Waals surface area contributed by atoms with Crippen molar-refractivity contribution in [3.8, 4) is 5.75 Å². The molecule has 2 nitrogen and oxygen atoms in total. The van der Waals surface area contributed by atoms with Gasteiger partial charge >= 0.3 is 0 Å². The molecule has 1 heterocycles. The van der Waals surface area contributed by atoms with Crippen LogP contribution in [-0.2, 0) is 0 Å². The van der Waals surface area contributed by atoms with Crippen LogP contribution in [0.15, 0.2) is 24.8 Å². The molecule has 0 aromatic heterocycles. The van der Waals surface area contributed by atoms with Crippen LogP contribution >= 0.6 is 0 Å². The van der Waals surface area contributed by atoms with Gasteiger partial charge in [0.05, 0.1) is 6.61 Å². The Labute approximate surface area is 78.0 Å². The summed E-state index contributed by atoms with van der Waals surface area (Å²) in [5.41, 5.74) is 8.12. The zero-order chi connectivity index (χ0) is 9.26. The maximum absolute atomic E-state index is 5.93. The summed E-state index contributed by atoms with van der Waals surface area (Å²) < 4.78 is 5.51. The molecule has 2 heteroatoms. The Morgan fingerprint density at radius 2 is 2.38 bits per heavy atom. The van der Waals surface area contributed by atoms with Gasteiger partial charge in [-0.05, 0) is 11.6 Å². The fourth-order valence-corrected chi connectivity index (χ4v) is 1.56. The number of hydrogen-bond donors (Lipinski definition) is 1. The third-order valence-corrected chi connectivity index (χ3v) is 2.36. The number of fused-ring (bicyclic) bond motifs is 1. The molecule has 1 aromatic rings.